The van der Waals surface area contributed by atoms with Crippen molar-refractivity contribution in [1.82, 2.24) is 15.5 Å². The van der Waals surface area contributed by atoms with Crippen LogP contribution in [0.15, 0.2) is 30.3 Å². The quantitative estimate of drug-likeness (QED) is 0.860. The predicted molar refractivity (Wildman–Crippen MR) is 100 cm³/mol. The summed E-state index contributed by atoms with van der Waals surface area (Å²) in [5.41, 5.74) is 1.12. The van der Waals surface area contributed by atoms with Gasteiger partial charge in [-0.2, -0.15) is 0 Å². The van der Waals surface area contributed by atoms with Crippen LogP contribution in [0, 0.1) is 11.8 Å². The first-order valence-electron chi connectivity index (χ1n) is 9.29. The van der Waals surface area contributed by atoms with Gasteiger partial charge in [-0.25, -0.2) is 4.79 Å². The van der Waals surface area contributed by atoms with Crippen molar-refractivity contribution < 1.29 is 9.59 Å². The van der Waals surface area contributed by atoms with E-state index in [-0.39, 0.29) is 29.9 Å². The van der Waals surface area contributed by atoms with Crippen LogP contribution in [0.4, 0.5) is 4.79 Å². The van der Waals surface area contributed by atoms with Crippen molar-refractivity contribution in [2.24, 2.45) is 11.8 Å². The highest BCUT2D eigenvalue weighted by molar-refractivity contribution is 5.78. The summed E-state index contributed by atoms with van der Waals surface area (Å²) in [7, 11) is 0. The van der Waals surface area contributed by atoms with Crippen LogP contribution >= 0.6 is 0 Å². The molecule has 0 spiro atoms. The Bertz CT molecular complexity index is 564. The Hall–Kier alpha value is -2.04. The molecule has 0 unspecified atom stereocenters. The Labute approximate surface area is 151 Å². The molecule has 1 saturated heterocycles. The lowest BCUT2D eigenvalue weighted by Crippen LogP contribution is -2.50. The second kappa shape index (κ2) is 8.88. The van der Waals surface area contributed by atoms with E-state index in [1.807, 2.05) is 49.1 Å². The summed E-state index contributed by atoms with van der Waals surface area (Å²) in [5, 5.41) is 6.18. The van der Waals surface area contributed by atoms with Crippen LogP contribution in [0.3, 0.4) is 0 Å². The fourth-order valence-corrected chi connectivity index (χ4v) is 3.27. The zero-order valence-electron chi connectivity index (χ0n) is 15.8. The maximum absolute atomic E-state index is 12.4. The molecule has 1 aliphatic heterocycles. The number of benzene rings is 1. The van der Waals surface area contributed by atoms with Crippen LogP contribution in [0.5, 0.6) is 0 Å². The molecule has 5 heteroatoms. The van der Waals surface area contributed by atoms with Crippen molar-refractivity contribution in [2.75, 3.05) is 13.1 Å². The van der Waals surface area contributed by atoms with Crippen molar-refractivity contribution >= 4 is 11.9 Å². The average Bonchev–Trinajstić information content (AvgIpc) is 2.60. The SMILES string of the molecule is CC(C)C(=O)N1CCC(NC(=O)N[C@H](c2ccccc2)C(C)C)CC1. The minimum absolute atomic E-state index is 0.0104. The molecule has 138 valence electrons. The van der Waals surface area contributed by atoms with Gasteiger partial charge in [0.2, 0.25) is 5.91 Å². The fourth-order valence-electron chi connectivity index (χ4n) is 3.27. The molecule has 0 aliphatic carbocycles. The summed E-state index contributed by atoms with van der Waals surface area (Å²) < 4.78 is 0. The molecule has 1 heterocycles. The largest absolute Gasteiger partial charge is 0.342 e. The molecule has 0 radical (unpaired) electrons. The first-order valence-corrected chi connectivity index (χ1v) is 9.29. The summed E-state index contributed by atoms with van der Waals surface area (Å²) in [4.78, 5) is 26.4. The Morgan fingerprint density at radius 2 is 1.64 bits per heavy atom. The molecule has 0 saturated carbocycles. The maximum atomic E-state index is 12.4. The van der Waals surface area contributed by atoms with E-state index in [2.05, 4.69) is 24.5 Å². The average molecular weight is 345 g/mol. The number of amides is 3. The molecule has 1 atom stereocenters. The first kappa shape index (κ1) is 19.3. The van der Waals surface area contributed by atoms with Crippen molar-refractivity contribution in [2.45, 2.75) is 52.6 Å². The highest BCUT2D eigenvalue weighted by Gasteiger charge is 2.26. The van der Waals surface area contributed by atoms with Gasteiger partial charge in [-0.1, -0.05) is 58.0 Å². The summed E-state index contributed by atoms with van der Waals surface area (Å²) in [5.74, 6) is 0.538. The van der Waals surface area contributed by atoms with E-state index in [9.17, 15) is 9.59 Å². The van der Waals surface area contributed by atoms with Crippen molar-refractivity contribution in [3.63, 3.8) is 0 Å². The lowest BCUT2D eigenvalue weighted by atomic mass is 9.96. The van der Waals surface area contributed by atoms with Gasteiger partial charge < -0.3 is 15.5 Å². The number of nitrogens with zero attached hydrogens (tertiary/aromatic N) is 1. The molecule has 3 amide bonds. The summed E-state index contributed by atoms with van der Waals surface area (Å²) in [6.45, 7) is 9.50. The van der Waals surface area contributed by atoms with Gasteiger partial charge in [0.1, 0.15) is 0 Å². The van der Waals surface area contributed by atoms with Gasteiger partial charge in [-0.05, 0) is 24.3 Å². The van der Waals surface area contributed by atoms with Gasteiger partial charge in [-0.15, -0.1) is 0 Å². The van der Waals surface area contributed by atoms with Crippen LogP contribution in [0.1, 0.15) is 52.1 Å². The Balaban J connectivity index is 1.85. The minimum atomic E-state index is -0.129. The number of carbonyl (C=O) groups is 2. The third kappa shape index (κ3) is 5.48. The molecule has 1 aromatic rings. The number of nitrogens with one attached hydrogen (secondary N) is 2. The number of rotatable bonds is 5. The number of piperidine rings is 1. The van der Waals surface area contributed by atoms with Gasteiger partial charge >= 0.3 is 6.03 Å². The van der Waals surface area contributed by atoms with Gasteiger partial charge in [0.15, 0.2) is 0 Å². The molecule has 1 fully saturated rings. The summed E-state index contributed by atoms with van der Waals surface area (Å²) in [6, 6.07) is 10.0. The molecule has 1 aliphatic rings. The molecular formula is C20H31N3O2. The molecule has 5 nitrogen and oxygen atoms in total. The minimum Gasteiger partial charge on any atom is -0.342 e. The predicted octanol–water partition coefficient (Wildman–Crippen LogP) is 3.33. The van der Waals surface area contributed by atoms with Crippen LogP contribution in [0.2, 0.25) is 0 Å². The number of hydrogen-bond donors (Lipinski definition) is 2. The zero-order valence-corrected chi connectivity index (χ0v) is 15.8. The number of carbonyl (C=O) groups excluding carboxylic acids is 2. The second-order valence-corrected chi connectivity index (χ2v) is 7.50. The van der Waals surface area contributed by atoms with Crippen LogP contribution in [0.25, 0.3) is 0 Å². The standard InChI is InChI=1S/C20H31N3O2/c1-14(2)18(16-8-6-5-7-9-16)22-20(25)21-17-10-12-23(13-11-17)19(24)15(3)4/h5-9,14-15,17-18H,10-13H2,1-4H3,(H2,21,22,25)/t18-/m0/s1. The van der Waals surface area contributed by atoms with Gasteiger partial charge in [0.25, 0.3) is 0 Å². The highest BCUT2D eigenvalue weighted by atomic mass is 16.2. The molecule has 0 aromatic heterocycles. The maximum Gasteiger partial charge on any atom is 0.315 e. The Morgan fingerprint density at radius 1 is 1.04 bits per heavy atom. The van der Waals surface area contributed by atoms with Crippen LogP contribution in [-0.4, -0.2) is 36.0 Å². The first-order chi connectivity index (χ1) is 11.9. The van der Waals surface area contributed by atoms with Gasteiger partial charge in [0, 0.05) is 25.0 Å². The van der Waals surface area contributed by atoms with Gasteiger partial charge in [-0.3, -0.25) is 4.79 Å². The molecule has 1 aromatic carbocycles. The smallest absolute Gasteiger partial charge is 0.315 e. The highest BCUT2D eigenvalue weighted by Crippen LogP contribution is 2.21. The lowest BCUT2D eigenvalue weighted by Gasteiger charge is -2.34. The Kier molecular flexibility index (Phi) is 6.85. The third-order valence-electron chi connectivity index (χ3n) is 4.75. The number of urea groups is 1. The number of hydrogen-bond acceptors (Lipinski definition) is 2. The molecule has 2 rings (SSSR count). The van der Waals surface area contributed by atoms with Gasteiger partial charge in [0.05, 0.1) is 6.04 Å². The third-order valence-corrected chi connectivity index (χ3v) is 4.75. The molecule has 0 bridgehead atoms. The van der Waals surface area contributed by atoms with E-state index < -0.39 is 0 Å². The van der Waals surface area contributed by atoms with E-state index in [0.29, 0.717) is 19.0 Å². The van der Waals surface area contributed by atoms with Crippen LogP contribution < -0.4 is 10.6 Å². The normalized spacial score (nSPS) is 16.8. The molecule has 2 N–H and O–H groups in total. The number of likely N-dealkylation sites (tertiary alicyclic amines) is 1. The fraction of sp³-hybridized carbons (Fsp3) is 0.600. The monoisotopic (exact) mass is 345 g/mol. The van der Waals surface area contributed by atoms with Crippen molar-refractivity contribution in [3.8, 4) is 0 Å². The topological polar surface area (TPSA) is 61.4 Å². The van der Waals surface area contributed by atoms with E-state index in [1.54, 1.807) is 0 Å². The summed E-state index contributed by atoms with van der Waals surface area (Å²) in [6.07, 6.45) is 1.62. The van der Waals surface area contributed by atoms with E-state index in [1.165, 1.54) is 0 Å². The summed E-state index contributed by atoms with van der Waals surface area (Å²) >= 11 is 0. The molecule has 25 heavy (non-hydrogen) atoms. The van der Waals surface area contributed by atoms with E-state index >= 15 is 0 Å². The zero-order chi connectivity index (χ0) is 18.4. The van der Waals surface area contributed by atoms with Crippen molar-refractivity contribution in [3.05, 3.63) is 35.9 Å². The second-order valence-electron chi connectivity index (χ2n) is 7.50. The molecular weight excluding hydrogens is 314 g/mol. The Morgan fingerprint density at radius 3 is 2.16 bits per heavy atom. The lowest BCUT2D eigenvalue weighted by molar-refractivity contribution is -0.135. The van der Waals surface area contributed by atoms with E-state index in [0.717, 1.165) is 18.4 Å². The van der Waals surface area contributed by atoms with Crippen LogP contribution in [-0.2, 0) is 4.79 Å². The van der Waals surface area contributed by atoms with E-state index in [4.69, 9.17) is 0 Å². The van der Waals surface area contributed by atoms with Crippen molar-refractivity contribution in [1.29, 1.82) is 0 Å².